The van der Waals surface area contributed by atoms with Crippen molar-refractivity contribution in [1.29, 1.82) is 0 Å². The summed E-state index contributed by atoms with van der Waals surface area (Å²) in [4.78, 5) is 10.5. The summed E-state index contributed by atoms with van der Waals surface area (Å²) in [5, 5.41) is 16.0. The number of aliphatic carboxylic acids is 1. The Hall–Kier alpha value is -1.95. The van der Waals surface area contributed by atoms with E-state index >= 15 is 0 Å². The third-order valence-electron chi connectivity index (χ3n) is 2.28. The van der Waals surface area contributed by atoms with Crippen molar-refractivity contribution < 1.29 is 14.3 Å². The van der Waals surface area contributed by atoms with Crippen LogP contribution in [0.3, 0.4) is 0 Å². The Kier molecular flexibility index (Phi) is 3.57. The quantitative estimate of drug-likeness (QED) is 0.918. The maximum absolute atomic E-state index is 13.6. The molecule has 5 nitrogen and oxygen atoms in total. The number of carboxylic acid groups (broad SMARTS) is 1. The summed E-state index contributed by atoms with van der Waals surface area (Å²) >= 11 is 5.66. The third-order valence-corrected chi connectivity index (χ3v) is 2.57. The molecule has 0 bridgehead atoms. The van der Waals surface area contributed by atoms with E-state index in [9.17, 15) is 9.18 Å². The van der Waals surface area contributed by atoms with E-state index < -0.39 is 11.8 Å². The van der Waals surface area contributed by atoms with Crippen molar-refractivity contribution in [2.24, 2.45) is 0 Å². The fourth-order valence-corrected chi connectivity index (χ4v) is 1.69. The van der Waals surface area contributed by atoms with Crippen LogP contribution in [0.4, 0.5) is 4.39 Å². The standard InChI is InChI=1S/C11H9ClFN3O2/c12-9-3-1-2-7(11(9)13)5-16-6-8(14-15-16)4-10(17)18/h1-3,6H,4-5H2,(H,17,18). The molecule has 0 saturated carbocycles. The molecular weight excluding hydrogens is 261 g/mol. The maximum atomic E-state index is 13.6. The van der Waals surface area contributed by atoms with Crippen molar-refractivity contribution in [3.8, 4) is 0 Å². The number of benzene rings is 1. The smallest absolute Gasteiger partial charge is 0.309 e. The van der Waals surface area contributed by atoms with Crippen LogP contribution in [0, 0.1) is 5.82 Å². The van der Waals surface area contributed by atoms with Gasteiger partial charge in [0.15, 0.2) is 0 Å². The van der Waals surface area contributed by atoms with Crippen LogP contribution in [0.25, 0.3) is 0 Å². The highest BCUT2D eigenvalue weighted by Crippen LogP contribution is 2.18. The van der Waals surface area contributed by atoms with E-state index in [1.54, 1.807) is 12.1 Å². The largest absolute Gasteiger partial charge is 0.481 e. The number of hydrogen-bond donors (Lipinski definition) is 1. The third kappa shape index (κ3) is 2.84. The Bertz CT molecular complexity index is 585. The lowest BCUT2D eigenvalue weighted by atomic mass is 10.2. The van der Waals surface area contributed by atoms with Crippen LogP contribution in [0.15, 0.2) is 24.4 Å². The molecule has 0 radical (unpaired) electrons. The average molecular weight is 270 g/mol. The molecule has 7 heteroatoms. The predicted octanol–water partition coefficient (Wildman–Crippen LogP) is 1.75. The first-order valence-corrected chi connectivity index (χ1v) is 5.48. The Morgan fingerprint density at radius 3 is 3.00 bits per heavy atom. The highest BCUT2D eigenvalue weighted by atomic mass is 35.5. The lowest BCUT2D eigenvalue weighted by molar-refractivity contribution is -0.136. The Morgan fingerprint density at radius 2 is 2.28 bits per heavy atom. The Balaban J connectivity index is 2.16. The minimum Gasteiger partial charge on any atom is -0.481 e. The minimum atomic E-state index is -0.990. The molecule has 94 valence electrons. The fourth-order valence-electron chi connectivity index (χ4n) is 1.50. The molecule has 18 heavy (non-hydrogen) atoms. The Labute approximate surface area is 107 Å². The summed E-state index contributed by atoms with van der Waals surface area (Å²) in [6.45, 7) is 0.152. The minimum absolute atomic E-state index is 0.0402. The molecule has 1 aromatic carbocycles. The number of carbonyl (C=O) groups is 1. The van der Waals surface area contributed by atoms with Gasteiger partial charge in [-0.15, -0.1) is 5.10 Å². The van der Waals surface area contributed by atoms with Crippen molar-refractivity contribution >= 4 is 17.6 Å². The van der Waals surface area contributed by atoms with Gasteiger partial charge in [0.2, 0.25) is 0 Å². The van der Waals surface area contributed by atoms with Crippen LogP contribution < -0.4 is 0 Å². The van der Waals surface area contributed by atoms with E-state index in [0.717, 1.165) is 0 Å². The molecule has 0 aliphatic carbocycles. The van der Waals surface area contributed by atoms with Gasteiger partial charge in [-0.2, -0.15) is 0 Å². The first kappa shape index (κ1) is 12.5. The predicted molar refractivity (Wildman–Crippen MR) is 61.9 cm³/mol. The van der Waals surface area contributed by atoms with Gasteiger partial charge in [-0.05, 0) is 6.07 Å². The molecule has 1 aromatic heterocycles. The molecule has 1 N–H and O–H groups in total. The first-order valence-electron chi connectivity index (χ1n) is 5.10. The molecule has 0 fully saturated rings. The molecule has 2 rings (SSSR count). The zero-order valence-corrected chi connectivity index (χ0v) is 9.93. The monoisotopic (exact) mass is 269 g/mol. The Morgan fingerprint density at radius 1 is 1.50 bits per heavy atom. The van der Waals surface area contributed by atoms with Crippen LogP contribution in [0.5, 0.6) is 0 Å². The van der Waals surface area contributed by atoms with Gasteiger partial charge in [-0.1, -0.05) is 28.9 Å². The zero-order chi connectivity index (χ0) is 13.1. The van der Waals surface area contributed by atoms with Gasteiger partial charge in [0.05, 0.1) is 23.7 Å². The van der Waals surface area contributed by atoms with Crippen molar-refractivity contribution in [2.45, 2.75) is 13.0 Å². The van der Waals surface area contributed by atoms with E-state index in [2.05, 4.69) is 10.3 Å². The van der Waals surface area contributed by atoms with Gasteiger partial charge in [0, 0.05) is 11.8 Å². The molecule has 0 unspecified atom stereocenters. The number of carboxylic acids is 1. The van der Waals surface area contributed by atoms with Crippen molar-refractivity contribution in [3.05, 3.63) is 46.5 Å². The van der Waals surface area contributed by atoms with Gasteiger partial charge in [0.25, 0.3) is 0 Å². The normalized spacial score (nSPS) is 10.6. The SMILES string of the molecule is O=C(O)Cc1cn(Cc2cccc(Cl)c2F)nn1. The highest BCUT2D eigenvalue weighted by molar-refractivity contribution is 6.30. The molecular formula is C11H9ClFN3O2. The first-order chi connectivity index (χ1) is 8.56. The molecule has 2 aromatic rings. The van der Waals surface area contributed by atoms with Gasteiger partial charge >= 0.3 is 5.97 Å². The van der Waals surface area contributed by atoms with Crippen LogP contribution in [-0.4, -0.2) is 26.1 Å². The summed E-state index contributed by atoms with van der Waals surface area (Å²) < 4.78 is 15.0. The lowest BCUT2D eigenvalue weighted by Gasteiger charge is -2.03. The molecule has 0 aliphatic heterocycles. The van der Waals surface area contributed by atoms with Crippen LogP contribution in [-0.2, 0) is 17.8 Å². The second-order valence-corrected chi connectivity index (χ2v) is 4.10. The molecule has 0 saturated heterocycles. The highest BCUT2D eigenvalue weighted by Gasteiger charge is 2.09. The summed E-state index contributed by atoms with van der Waals surface area (Å²) in [5.41, 5.74) is 0.694. The van der Waals surface area contributed by atoms with E-state index in [-0.39, 0.29) is 18.0 Å². The van der Waals surface area contributed by atoms with Gasteiger partial charge in [-0.3, -0.25) is 4.79 Å². The topological polar surface area (TPSA) is 68.0 Å². The lowest BCUT2D eigenvalue weighted by Crippen LogP contribution is -2.03. The molecule has 1 heterocycles. The summed E-state index contributed by atoms with van der Waals surface area (Å²) in [6.07, 6.45) is 1.26. The van der Waals surface area contributed by atoms with Gasteiger partial charge in [0.1, 0.15) is 5.82 Å². The van der Waals surface area contributed by atoms with Crippen LogP contribution >= 0.6 is 11.6 Å². The van der Waals surface area contributed by atoms with Crippen LogP contribution in [0.1, 0.15) is 11.3 Å². The molecule has 0 aliphatic rings. The average Bonchev–Trinajstić information content (AvgIpc) is 2.71. The second-order valence-electron chi connectivity index (χ2n) is 3.69. The van der Waals surface area contributed by atoms with Crippen molar-refractivity contribution in [1.82, 2.24) is 15.0 Å². The van der Waals surface area contributed by atoms with Crippen molar-refractivity contribution in [2.75, 3.05) is 0 Å². The number of halogens is 2. The number of nitrogens with zero attached hydrogens (tertiary/aromatic N) is 3. The maximum Gasteiger partial charge on any atom is 0.309 e. The van der Waals surface area contributed by atoms with E-state index in [4.69, 9.17) is 16.7 Å². The van der Waals surface area contributed by atoms with E-state index in [1.165, 1.54) is 16.9 Å². The summed E-state index contributed by atoms with van der Waals surface area (Å²) in [7, 11) is 0. The molecule has 0 amide bonds. The molecule has 0 spiro atoms. The molecule has 0 atom stereocenters. The summed E-state index contributed by atoms with van der Waals surface area (Å²) in [5.74, 6) is -1.49. The van der Waals surface area contributed by atoms with E-state index in [1.807, 2.05) is 0 Å². The summed E-state index contributed by atoms with van der Waals surface area (Å²) in [6, 6.07) is 4.67. The number of hydrogen-bond acceptors (Lipinski definition) is 3. The van der Waals surface area contributed by atoms with Gasteiger partial charge in [-0.25, -0.2) is 9.07 Å². The number of rotatable bonds is 4. The van der Waals surface area contributed by atoms with Crippen LogP contribution in [0.2, 0.25) is 5.02 Å². The number of aromatic nitrogens is 3. The van der Waals surface area contributed by atoms with Crippen molar-refractivity contribution in [3.63, 3.8) is 0 Å². The van der Waals surface area contributed by atoms with Gasteiger partial charge < -0.3 is 5.11 Å². The van der Waals surface area contributed by atoms with E-state index in [0.29, 0.717) is 11.3 Å². The second kappa shape index (κ2) is 5.14. The fraction of sp³-hybridized carbons (Fsp3) is 0.182. The zero-order valence-electron chi connectivity index (χ0n) is 9.18.